The molecule has 7 heteroatoms. The van der Waals surface area contributed by atoms with Gasteiger partial charge >= 0.3 is 6.09 Å². The number of aliphatic hydroxyl groups excluding tert-OH is 1. The van der Waals surface area contributed by atoms with E-state index in [0.29, 0.717) is 39.3 Å². The Labute approximate surface area is 183 Å². The zero-order valence-corrected chi connectivity index (χ0v) is 17.8. The van der Waals surface area contributed by atoms with Crippen LogP contribution in [0.5, 0.6) is 5.75 Å². The number of hydrogen-bond donors (Lipinski definition) is 2. The summed E-state index contributed by atoms with van der Waals surface area (Å²) in [5, 5.41) is 13.9. The van der Waals surface area contributed by atoms with E-state index in [0.717, 1.165) is 30.8 Å². The fourth-order valence-electron chi connectivity index (χ4n) is 4.10. The average molecular weight is 426 g/mol. The minimum atomic E-state index is -0.549. The molecule has 166 valence electrons. The van der Waals surface area contributed by atoms with Crippen LogP contribution in [0, 0.1) is 0 Å². The molecule has 1 amide bonds. The molecule has 1 atom stereocenters. The summed E-state index contributed by atoms with van der Waals surface area (Å²) in [6.45, 7) is 5.76. The number of ether oxygens (including phenoxy) is 2. The molecule has 0 aliphatic carbocycles. The Balaban J connectivity index is 1.21. The van der Waals surface area contributed by atoms with Crippen molar-refractivity contribution in [2.45, 2.75) is 25.6 Å². The van der Waals surface area contributed by atoms with Crippen LogP contribution >= 0.6 is 0 Å². The Kier molecular flexibility index (Phi) is 7.40. The standard InChI is InChI=1S/C24H31N3O4/c28-22(17-26-11-9-19-5-1-2-7-21(19)16-26)18-31-23-8-4-3-6-20(23)15-25-10-12-27-13-14-30-24(27)29/h1-8,22,25,28H,9-18H2. The highest BCUT2D eigenvalue weighted by atomic mass is 16.6. The maximum Gasteiger partial charge on any atom is 0.409 e. The van der Waals surface area contributed by atoms with E-state index in [9.17, 15) is 9.90 Å². The first-order valence-electron chi connectivity index (χ1n) is 11.0. The van der Waals surface area contributed by atoms with Gasteiger partial charge in [-0.05, 0) is 23.6 Å². The highest BCUT2D eigenvalue weighted by Crippen LogP contribution is 2.20. The molecule has 7 nitrogen and oxygen atoms in total. The Morgan fingerprint density at radius 3 is 2.74 bits per heavy atom. The van der Waals surface area contributed by atoms with Gasteiger partial charge in [-0.15, -0.1) is 0 Å². The van der Waals surface area contributed by atoms with Gasteiger partial charge < -0.3 is 24.8 Å². The number of nitrogens with zero attached hydrogens (tertiary/aromatic N) is 2. The lowest BCUT2D eigenvalue weighted by Gasteiger charge is -2.30. The van der Waals surface area contributed by atoms with Gasteiger partial charge in [0.15, 0.2) is 0 Å². The van der Waals surface area contributed by atoms with Gasteiger partial charge in [-0.2, -0.15) is 0 Å². The third-order valence-electron chi connectivity index (χ3n) is 5.80. The molecule has 0 radical (unpaired) electrons. The number of hydrogen-bond acceptors (Lipinski definition) is 6. The van der Waals surface area contributed by atoms with Crippen molar-refractivity contribution in [3.8, 4) is 5.75 Å². The zero-order chi connectivity index (χ0) is 21.5. The predicted octanol–water partition coefficient (Wildman–Crippen LogP) is 2.03. The number of benzene rings is 2. The number of rotatable bonds is 10. The van der Waals surface area contributed by atoms with E-state index >= 15 is 0 Å². The number of aliphatic hydroxyl groups is 1. The molecule has 0 aromatic heterocycles. The average Bonchev–Trinajstić information content (AvgIpc) is 3.20. The third kappa shape index (κ3) is 5.97. The lowest BCUT2D eigenvalue weighted by Crippen LogP contribution is -2.38. The van der Waals surface area contributed by atoms with Crippen LogP contribution in [0.15, 0.2) is 48.5 Å². The molecular weight excluding hydrogens is 394 g/mol. The molecule has 2 aromatic rings. The zero-order valence-electron chi connectivity index (χ0n) is 17.8. The lowest BCUT2D eigenvalue weighted by atomic mass is 10.00. The predicted molar refractivity (Wildman–Crippen MR) is 118 cm³/mol. The van der Waals surface area contributed by atoms with Crippen LogP contribution < -0.4 is 10.1 Å². The molecule has 2 N–H and O–H groups in total. The van der Waals surface area contributed by atoms with E-state index in [4.69, 9.17) is 9.47 Å². The minimum Gasteiger partial charge on any atom is -0.491 e. The van der Waals surface area contributed by atoms with E-state index in [2.05, 4.69) is 34.5 Å². The van der Waals surface area contributed by atoms with Gasteiger partial charge in [-0.1, -0.05) is 42.5 Å². The van der Waals surface area contributed by atoms with Gasteiger partial charge in [0.05, 0.1) is 6.54 Å². The summed E-state index contributed by atoms with van der Waals surface area (Å²) < 4.78 is 10.9. The summed E-state index contributed by atoms with van der Waals surface area (Å²) in [5.41, 5.74) is 3.79. The first-order chi connectivity index (χ1) is 15.2. The summed E-state index contributed by atoms with van der Waals surface area (Å²) in [6.07, 6.45) is 0.233. The molecule has 2 heterocycles. The second kappa shape index (κ2) is 10.6. The number of carbonyl (C=O) groups is 1. The van der Waals surface area contributed by atoms with E-state index in [-0.39, 0.29) is 12.7 Å². The molecule has 0 bridgehead atoms. The summed E-state index contributed by atoms with van der Waals surface area (Å²) in [6, 6.07) is 16.4. The topological polar surface area (TPSA) is 74.3 Å². The fraction of sp³-hybridized carbons (Fsp3) is 0.458. The largest absolute Gasteiger partial charge is 0.491 e. The van der Waals surface area contributed by atoms with Crippen molar-refractivity contribution in [2.24, 2.45) is 0 Å². The SMILES string of the molecule is O=C1OCCN1CCNCc1ccccc1OCC(O)CN1CCc2ccccc2C1. The number of cyclic esters (lactones) is 1. The quantitative estimate of drug-likeness (QED) is 0.568. The highest BCUT2D eigenvalue weighted by Gasteiger charge is 2.21. The molecular formula is C24H31N3O4. The van der Waals surface area contributed by atoms with Crippen LogP contribution in [0.1, 0.15) is 16.7 Å². The van der Waals surface area contributed by atoms with Crippen LogP contribution in [-0.2, 0) is 24.2 Å². The maximum atomic E-state index is 11.5. The molecule has 31 heavy (non-hydrogen) atoms. The van der Waals surface area contributed by atoms with Gasteiger partial charge in [0, 0.05) is 44.8 Å². The Bertz CT molecular complexity index is 875. The normalized spacial score (nSPS) is 17.3. The second-order valence-corrected chi connectivity index (χ2v) is 8.10. The van der Waals surface area contributed by atoms with Crippen molar-refractivity contribution in [3.63, 3.8) is 0 Å². The first kappa shape index (κ1) is 21.6. The van der Waals surface area contributed by atoms with Crippen molar-refractivity contribution >= 4 is 6.09 Å². The number of fused-ring (bicyclic) bond motifs is 1. The Morgan fingerprint density at radius 1 is 1.10 bits per heavy atom. The van der Waals surface area contributed by atoms with E-state index in [1.54, 1.807) is 4.90 Å². The van der Waals surface area contributed by atoms with Gasteiger partial charge in [-0.3, -0.25) is 4.90 Å². The number of para-hydroxylation sites is 1. The van der Waals surface area contributed by atoms with Crippen LogP contribution in [0.25, 0.3) is 0 Å². The van der Waals surface area contributed by atoms with Crippen LogP contribution in [0.4, 0.5) is 4.79 Å². The number of β-amino-alcohol motifs (C(OH)–C–C–N with tert-alkyl or cyclic N) is 1. The van der Waals surface area contributed by atoms with E-state index in [1.165, 1.54) is 11.1 Å². The van der Waals surface area contributed by atoms with Crippen molar-refractivity contribution in [3.05, 3.63) is 65.2 Å². The summed E-state index contributed by atoms with van der Waals surface area (Å²) in [4.78, 5) is 15.5. The van der Waals surface area contributed by atoms with Crippen LogP contribution in [-0.4, -0.2) is 73.0 Å². The molecule has 4 rings (SSSR count). The molecule has 1 unspecified atom stereocenters. The smallest absolute Gasteiger partial charge is 0.409 e. The number of amides is 1. The van der Waals surface area contributed by atoms with Gasteiger partial charge in [0.25, 0.3) is 0 Å². The highest BCUT2D eigenvalue weighted by molar-refractivity contribution is 5.69. The van der Waals surface area contributed by atoms with Crippen molar-refractivity contribution in [2.75, 3.05) is 45.9 Å². The molecule has 1 fully saturated rings. The van der Waals surface area contributed by atoms with Crippen LogP contribution in [0.3, 0.4) is 0 Å². The number of carbonyl (C=O) groups excluding carboxylic acids is 1. The Morgan fingerprint density at radius 2 is 1.90 bits per heavy atom. The minimum absolute atomic E-state index is 0.239. The van der Waals surface area contributed by atoms with Gasteiger partial charge in [-0.25, -0.2) is 4.79 Å². The molecule has 2 aliphatic rings. The van der Waals surface area contributed by atoms with E-state index in [1.807, 2.05) is 24.3 Å². The molecule has 1 saturated heterocycles. The van der Waals surface area contributed by atoms with Crippen LogP contribution in [0.2, 0.25) is 0 Å². The third-order valence-corrected chi connectivity index (χ3v) is 5.80. The first-order valence-corrected chi connectivity index (χ1v) is 11.0. The second-order valence-electron chi connectivity index (χ2n) is 8.10. The lowest BCUT2D eigenvalue weighted by molar-refractivity contribution is 0.0634. The molecule has 2 aromatic carbocycles. The van der Waals surface area contributed by atoms with Crippen molar-refractivity contribution in [1.29, 1.82) is 0 Å². The molecule has 0 spiro atoms. The van der Waals surface area contributed by atoms with E-state index < -0.39 is 6.10 Å². The number of nitrogens with one attached hydrogen (secondary N) is 1. The van der Waals surface area contributed by atoms with Crippen molar-refractivity contribution in [1.82, 2.24) is 15.1 Å². The summed E-state index contributed by atoms with van der Waals surface area (Å²) in [5.74, 6) is 0.777. The van der Waals surface area contributed by atoms with Gasteiger partial charge in [0.2, 0.25) is 0 Å². The summed E-state index contributed by atoms with van der Waals surface area (Å²) >= 11 is 0. The maximum absolute atomic E-state index is 11.5. The monoisotopic (exact) mass is 425 g/mol. The fourth-order valence-corrected chi connectivity index (χ4v) is 4.10. The molecule has 2 aliphatic heterocycles. The van der Waals surface area contributed by atoms with Crippen molar-refractivity contribution < 1.29 is 19.4 Å². The Hall–Kier alpha value is -2.61. The molecule has 0 saturated carbocycles. The van der Waals surface area contributed by atoms with Gasteiger partial charge in [0.1, 0.15) is 25.1 Å². The summed E-state index contributed by atoms with van der Waals surface area (Å²) in [7, 11) is 0.